The molecule has 11 nitrogen and oxygen atoms in total. The second kappa shape index (κ2) is 12.0. The Bertz CT molecular complexity index is 1160. The van der Waals surface area contributed by atoms with Gasteiger partial charge in [-0.1, -0.05) is 29.5 Å². The largest absolute Gasteiger partial charge is 0.380 e. The van der Waals surface area contributed by atoms with Crippen LogP contribution in [0.3, 0.4) is 0 Å². The van der Waals surface area contributed by atoms with Crippen molar-refractivity contribution in [2.75, 3.05) is 26.3 Å². The van der Waals surface area contributed by atoms with E-state index in [2.05, 4.69) is 31.0 Å². The fourth-order valence-corrected chi connectivity index (χ4v) is 3.75. The van der Waals surface area contributed by atoms with Crippen molar-refractivity contribution in [3.05, 3.63) is 59.9 Å². The predicted molar refractivity (Wildman–Crippen MR) is 127 cm³/mol. The van der Waals surface area contributed by atoms with Crippen LogP contribution in [0.15, 0.2) is 68.8 Å². The topological polar surface area (TPSA) is 136 Å². The standard InChI is InChI=1S/C24H29N7O4/c1-2-34-16-15-31-14-5-9-19(31)23-27-21(35-30-23)11-10-20(32)25-12-6-13-26-22-17-7-3-4-8-18(17)24(33)29-28-22/h3-5,7-9,14,18,26H,2,6,10-13,15-16H2,1H3,(H,25,32). The maximum absolute atomic E-state index is 12.2. The molecule has 3 heterocycles. The van der Waals surface area contributed by atoms with Crippen LogP contribution in [0.25, 0.3) is 11.5 Å². The lowest BCUT2D eigenvalue weighted by Gasteiger charge is -2.20. The number of carbonyl (C=O) groups is 2. The molecule has 2 amide bonds. The molecule has 0 bridgehead atoms. The highest BCUT2D eigenvalue weighted by atomic mass is 16.5. The Hall–Kier alpha value is -3.86. The van der Waals surface area contributed by atoms with Gasteiger partial charge in [-0.05, 0) is 25.5 Å². The van der Waals surface area contributed by atoms with Gasteiger partial charge in [-0.25, -0.2) is 0 Å². The maximum Gasteiger partial charge on any atom is 0.276 e. The summed E-state index contributed by atoms with van der Waals surface area (Å²) in [4.78, 5) is 28.5. The molecule has 0 radical (unpaired) electrons. The number of aryl methyl sites for hydroxylation is 1. The summed E-state index contributed by atoms with van der Waals surface area (Å²) in [6, 6.07) is 3.85. The van der Waals surface area contributed by atoms with Crippen LogP contribution < -0.4 is 10.6 Å². The van der Waals surface area contributed by atoms with Gasteiger partial charge in [0.05, 0.1) is 18.2 Å². The van der Waals surface area contributed by atoms with E-state index in [-0.39, 0.29) is 24.2 Å². The van der Waals surface area contributed by atoms with Gasteiger partial charge in [-0.3, -0.25) is 9.59 Å². The van der Waals surface area contributed by atoms with Gasteiger partial charge in [0.25, 0.3) is 5.91 Å². The van der Waals surface area contributed by atoms with Crippen molar-refractivity contribution in [1.82, 2.24) is 25.3 Å². The molecule has 184 valence electrons. The minimum Gasteiger partial charge on any atom is -0.380 e. The van der Waals surface area contributed by atoms with Crippen LogP contribution in [0.4, 0.5) is 0 Å². The van der Waals surface area contributed by atoms with Crippen molar-refractivity contribution in [2.45, 2.75) is 32.7 Å². The van der Waals surface area contributed by atoms with Gasteiger partial charge in [-0.2, -0.15) is 4.98 Å². The average molecular weight is 480 g/mol. The lowest BCUT2D eigenvalue weighted by atomic mass is 9.93. The highest BCUT2D eigenvalue weighted by Crippen LogP contribution is 2.27. The fraction of sp³-hybridized carbons (Fsp3) is 0.417. The molecule has 1 unspecified atom stereocenters. The molecule has 11 heteroatoms. The summed E-state index contributed by atoms with van der Waals surface area (Å²) in [5.41, 5.74) is 1.66. The summed E-state index contributed by atoms with van der Waals surface area (Å²) in [7, 11) is 0. The van der Waals surface area contributed by atoms with Crippen molar-refractivity contribution >= 4 is 11.8 Å². The van der Waals surface area contributed by atoms with Crippen molar-refractivity contribution in [3.63, 3.8) is 0 Å². The van der Waals surface area contributed by atoms with Crippen LogP contribution in [0.5, 0.6) is 0 Å². The third-order valence-electron chi connectivity index (χ3n) is 5.56. The zero-order valence-corrected chi connectivity index (χ0v) is 19.6. The first-order chi connectivity index (χ1) is 17.2. The molecule has 2 aliphatic rings. The SMILES string of the molecule is CCOCCn1cccc1-c1noc(CCC(=O)NCCCNC2=C3C=CC=CC3C(=O)N=N2)n1. The first-order valence-electron chi connectivity index (χ1n) is 11.8. The summed E-state index contributed by atoms with van der Waals surface area (Å²) in [5.74, 6) is 0.791. The molecule has 2 N–H and O–H groups in total. The maximum atomic E-state index is 12.2. The number of carbonyl (C=O) groups excluding carboxylic acids is 2. The molecule has 2 aromatic rings. The molecule has 0 aromatic carbocycles. The van der Waals surface area contributed by atoms with Crippen molar-refractivity contribution < 1.29 is 18.8 Å². The first-order valence-corrected chi connectivity index (χ1v) is 11.8. The van der Waals surface area contributed by atoms with Crippen molar-refractivity contribution in [3.8, 4) is 11.5 Å². The molecule has 35 heavy (non-hydrogen) atoms. The van der Waals surface area contributed by atoms with Gasteiger partial charge in [0.2, 0.25) is 17.6 Å². The highest BCUT2D eigenvalue weighted by Gasteiger charge is 2.26. The van der Waals surface area contributed by atoms with Crippen LogP contribution >= 0.6 is 0 Å². The van der Waals surface area contributed by atoms with E-state index in [4.69, 9.17) is 9.26 Å². The van der Waals surface area contributed by atoms with E-state index >= 15 is 0 Å². The normalized spacial score (nSPS) is 16.6. The smallest absolute Gasteiger partial charge is 0.276 e. The molecule has 1 aliphatic carbocycles. The molecule has 0 saturated heterocycles. The third-order valence-corrected chi connectivity index (χ3v) is 5.56. The molecule has 1 atom stereocenters. The van der Waals surface area contributed by atoms with Crippen LogP contribution in [0.2, 0.25) is 0 Å². The molecule has 0 saturated carbocycles. The number of amides is 2. The summed E-state index contributed by atoms with van der Waals surface area (Å²) >= 11 is 0. The Morgan fingerprint density at radius 2 is 2.17 bits per heavy atom. The lowest BCUT2D eigenvalue weighted by molar-refractivity contribution is -0.121. The summed E-state index contributed by atoms with van der Waals surface area (Å²) in [6.07, 6.45) is 10.6. The molecule has 1 aliphatic heterocycles. The molecule has 2 aromatic heterocycles. The van der Waals surface area contributed by atoms with Crippen LogP contribution in [-0.4, -0.2) is 52.8 Å². The number of allylic oxidation sites excluding steroid dienone is 3. The Kier molecular flexibility index (Phi) is 8.34. The third kappa shape index (κ3) is 6.38. The zero-order valence-electron chi connectivity index (χ0n) is 19.6. The molecular weight excluding hydrogens is 450 g/mol. The van der Waals surface area contributed by atoms with E-state index in [1.54, 1.807) is 0 Å². The van der Waals surface area contributed by atoms with E-state index in [1.807, 2.05) is 54.1 Å². The van der Waals surface area contributed by atoms with Gasteiger partial charge < -0.3 is 24.5 Å². The van der Waals surface area contributed by atoms with E-state index < -0.39 is 0 Å². The van der Waals surface area contributed by atoms with Crippen LogP contribution in [0, 0.1) is 5.92 Å². The predicted octanol–water partition coefficient (Wildman–Crippen LogP) is 2.55. The number of rotatable bonds is 13. The van der Waals surface area contributed by atoms with Crippen LogP contribution in [0.1, 0.15) is 25.7 Å². The zero-order chi connectivity index (χ0) is 24.5. The van der Waals surface area contributed by atoms with Gasteiger partial charge in [0, 0.05) is 50.9 Å². The van der Waals surface area contributed by atoms with Crippen molar-refractivity contribution in [2.24, 2.45) is 16.1 Å². The number of nitrogens with zero attached hydrogens (tertiary/aromatic N) is 5. The summed E-state index contributed by atoms with van der Waals surface area (Å²) < 4.78 is 12.7. The highest BCUT2D eigenvalue weighted by molar-refractivity contribution is 5.86. The van der Waals surface area contributed by atoms with Gasteiger partial charge in [-0.15, -0.1) is 10.2 Å². The Morgan fingerprint density at radius 1 is 1.26 bits per heavy atom. The second-order valence-electron chi connectivity index (χ2n) is 7.99. The number of nitrogens with one attached hydrogen (secondary N) is 2. The van der Waals surface area contributed by atoms with Gasteiger partial charge in [0.1, 0.15) is 0 Å². The Labute approximate surface area is 203 Å². The van der Waals surface area contributed by atoms with E-state index in [0.29, 0.717) is 63.2 Å². The fourth-order valence-electron chi connectivity index (χ4n) is 3.75. The van der Waals surface area contributed by atoms with E-state index in [1.165, 1.54) is 0 Å². The number of aromatic nitrogens is 3. The quantitative estimate of drug-likeness (QED) is 0.421. The summed E-state index contributed by atoms with van der Waals surface area (Å²) in [5, 5.41) is 17.8. The monoisotopic (exact) mass is 479 g/mol. The summed E-state index contributed by atoms with van der Waals surface area (Å²) in [6.45, 7) is 5.03. The Balaban J connectivity index is 1.16. The van der Waals surface area contributed by atoms with Crippen LogP contribution in [-0.2, 0) is 27.3 Å². The molecule has 0 fully saturated rings. The molecular formula is C24H29N7O4. The minimum atomic E-state index is -0.371. The molecule has 4 rings (SSSR count). The molecule has 0 spiro atoms. The number of azo groups is 1. The Morgan fingerprint density at radius 3 is 3.06 bits per heavy atom. The minimum absolute atomic E-state index is 0.0877. The number of hydrogen-bond donors (Lipinski definition) is 2. The average Bonchev–Trinajstić information content (AvgIpc) is 3.53. The number of fused-ring (bicyclic) bond motifs is 1. The van der Waals surface area contributed by atoms with E-state index in [0.717, 1.165) is 11.3 Å². The van der Waals surface area contributed by atoms with E-state index in [9.17, 15) is 9.59 Å². The first kappa shape index (κ1) is 24.3. The van der Waals surface area contributed by atoms with Crippen molar-refractivity contribution in [1.29, 1.82) is 0 Å². The van der Waals surface area contributed by atoms with Gasteiger partial charge >= 0.3 is 0 Å². The number of hydrogen-bond acceptors (Lipinski definition) is 8. The lowest BCUT2D eigenvalue weighted by Crippen LogP contribution is -2.28. The van der Waals surface area contributed by atoms with Gasteiger partial charge in [0.15, 0.2) is 5.82 Å². The number of ether oxygens (including phenoxy) is 1. The second-order valence-corrected chi connectivity index (χ2v) is 7.99.